The van der Waals surface area contributed by atoms with Crippen molar-refractivity contribution in [2.24, 2.45) is 0 Å². The average Bonchev–Trinajstić information content (AvgIpc) is 3.29. The van der Waals surface area contributed by atoms with Crippen LogP contribution < -0.4 is 10.1 Å². The van der Waals surface area contributed by atoms with Crippen molar-refractivity contribution in [3.8, 4) is 16.2 Å². The van der Waals surface area contributed by atoms with Gasteiger partial charge in [-0.1, -0.05) is 18.2 Å². The number of hydrogen-bond donors (Lipinski definition) is 1. The molecule has 0 aliphatic carbocycles. The molecule has 0 spiro atoms. The summed E-state index contributed by atoms with van der Waals surface area (Å²) in [6.07, 6.45) is 1.24. The quantitative estimate of drug-likeness (QED) is 0.588. The van der Waals surface area contributed by atoms with Crippen LogP contribution >= 0.6 is 11.3 Å². The number of hydrogen-bond acceptors (Lipinski definition) is 5. The SMILES string of the molecule is CC(=O)Nc1ccc(S(=O)(=O)N2CCC(Oc3cccc(-c4cccs4)c3)CC2)cc1. The van der Waals surface area contributed by atoms with E-state index < -0.39 is 10.0 Å². The van der Waals surface area contributed by atoms with Gasteiger partial charge in [-0.15, -0.1) is 11.3 Å². The fourth-order valence-electron chi connectivity index (χ4n) is 3.61. The summed E-state index contributed by atoms with van der Waals surface area (Å²) >= 11 is 1.69. The molecule has 1 fully saturated rings. The van der Waals surface area contributed by atoms with Gasteiger partial charge in [0.25, 0.3) is 0 Å². The third-order valence-corrected chi connectivity index (χ3v) is 7.99. The molecule has 0 bridgehead atoms. The van der Waals surface area contributed by atoms with Crippen LogP contribution in [0.4, 0.5) is 5.69 Å². The van der Waals surface area contributed by atoms with Crippen LogP contribution in [0.3, 0.4) is 0 Å². The van der Waals surface area contributed by atoms with E-state index >= 15 is 0 Å². The van der Waals surface area contributed by atoms with Crippen molar-refractivity contribution in [2.75, 3.05) is 18.4 Å². The van der Waals surface area contributed by atoms with Gasteiger partial charge in [0.05, 0.1) is 4.90 Å². The predicted octanol–water partition coefficient (Wildman–Crippen LogP) is 4.61. The number of carbonyl (C=O) groups excluding carboxylic acids is 1. The summed E-state index contributed by atoms with van der Waals surface area (Å²) in [6, 6.07) is 18.4. The second-order valence-corrected chi connectivity index (χ2v) is 10.3. The van der Waals surface area contributed by atoms with Crippen LogP contribution in [0.2, 0.25) is 0 Å². The smallest absolute Gasteiger partial charge is 0.243 e. The van der Waals surface area contributed by atoms with E-state index in [9.17, 15) is 13.2 Å². The molecule has 1 aromatic heterocycles. The zero-order valence-electron chi connectivity index (χ0n) is 17.2. The van der Waals surface area contributed by atoms with E-state index in [-0.39, 0.29) is 16.9 Å². The highest BCUT2D eigenvalue weighted by Crippen LogP contribution is 2.29. The lowest BCUT2D eigenvalue weighted by Crippen LogP contribution is -2.41. The molecule has 0 saturated carbocycles. The molecule has 0 atom stereocenters. The first-order valence-corrected chi connectivity index (χ1v) is 12.4. The maximum atomic E-state index is 13.0. The number of rotatable bonds is 6. The lowest BCUT2D eigenvalue weighted by Gasteiger charge is -2.31. The summed E-state index contributed by atoms with van der Waals surface area (Å²) in [4.78, 5) is 12.6. The number of benzene rings is 2. The van der Waals surface area contributed by atoms with Crippen LogP contribution in [0, 0.1) is 0 Å². The van der Waals surface area contributed by atoms with Crippen molar-refractivity contribution in [3.05, 3.63) is 66.0 Å². The van der Waals surface area contributed by atoms with Crippen molar-refractivity contribution >= 4 is 33.0 Å². The standard InChI is InChI=1S/C23H24N2O4S2/c1-17(26)24-19-7-9-22(10-8-19)31(27,28)25-13-11-20(12-14-25)29-21-5-2-4-18(16-21)23-6-3-15-30-23/h2-10,15-16,20H,11-14H2,1H3,(H,24,26). The van der Waals surface area contributed by atoms with Crippen LogP contribution in [-0.2, 0) is 14.8 Å². The van der Waals surface area contributed by atoms with Crippen molar-refractivity contribution in [3.63, 3.8) is 0 Å². The van der Waals surface area contributed by atoms with Gasteiger partial charge in [0.2, 0.25) is 15.9 Å². The van der Waals surface area contributed by atoms with Crippen molar-refractivity contribution in [1.29, 1.82) is 0 Å². The molecular weight excluding hydrogens is 432 g/mol. The number of nitrogens with zero attached hydrogens (tertiary/aromatic N) is 1. The Morgan fingerprint density at radius 3 is 2.45 bits per heavy atom. The maximum Gasteiger partial charge on any atom is 0.243 e. The molecule has 1 amide bonds. The predicted molar refractivity (Wildman–Crippen MR) is 123 cm³/mol. The third-order valence-electron chi connectivity index (χ3n) is 5.16. The number of sulfonamides is 1. The maximum absolute atomic E-state index is 13.0. The molecule has 2 heterocycles. The Kier molecular flexibility index (Phi) is 6.41. The zero-order valence-corrected chi connectivity index (χ0v) is 18.8. The van der Waals surface area contributed by atoms with Gasteiger partial charge < -0.3 is 10.1 Å². The average molecular weight is 457 g/mol. The summed E-state index contributed by atoms with van der Waals surface area (Å²) in [5, 5.41) is 4.69. The van der Waals surface area contributed by atoms with E-state index in [1.807, 2.05) is 29.6 Å². The third kappa shape index (κ3) is 5.15. The number of thiophene rings is 1. The second-order valence-electron chi connectivity index (χ2n) is 7.43. The van der Waals surface area contributed by atoms with Gasteiger partial charge in [-0.2, -0.15) is 4.31 Å². The van der Waals surface area contributed by atoms with E-state index in [1.165, 1.54) is 28.2 Å². The minimum atomic E-state index is -3.57. The summed E-state index contributed by atoms with van der Waals surface area (Å²) in [5.41, 5.74) is 1.69. The summed E-state index contributed by atoms with van der Waals surface area (Å²) in [6.45, 7) is 2.23. The lowest BCUT2D eigenvalue weighted by atomic mass is 10.1. The molecule has 0 unspecified atom stereocenters. The Morgan fingerprint density at radius 1 is 1.06 bits per heavy atom. The van der Waals surface area contributed by atoms with E-state index in [1.54, 1.807) is 23.5 Å². The van der Waals surface area contributed by atoms with Crippen LogP contribution in [-0.4, -0.2) is 37.8 Å². The molecule has 4 rings (SSSR count). The van der Waals surface area contributed by atoms with Crippen molar-refractivity contribution < 1.29 is 17.9 Å². The van der Waals surface area contributed by atoms with E-state index in [2.05, 4.69) is 17.4 Å². The molecule has 8 heteroatoms. The number of nitrogens with one attached hydrogen (secondary N) is 1. The number of ether oxygens (including phenoxy) is 1. The lowest BCUT2D eigenvalue weighted by molar-refractivity contribution is -0.114. The Morgan fingerprint density at radius 2 is 1.81 bits per heavy atom. The summed E-state index contributed by atoms with van der Waals surface area (Å²) < 4.78 is 33.6. The van der Waals surface area contributed by atoms with Gasteiger partial charge in [-0.25, -0.2) is 8.42 Å². The first-order chi connectivity index (χ1) is 14.9. The molecule has 31 heavy (non-hydrogen) atoms. The fourth-order valence-corrected chi connectivity index (χ4v) is 5.80. The first-order valence-electron chi connectivity index (χ1n) is 10.1. The van der Waals surface area contributed by atoms with Crippen LogP contribution in [0.1, 0.15) is 19.8 Å². The molecule has 1 N–H and O–H groups in total. The fraction of sp³-hybridized carbons (Fsp3) is 0.261. The number of anilines is 1. The summed E-state index contributed by atoms with van der Waals surface area (Å²) in [5.74, 6) is 0.611. The highest BCUT2D eigenvalue weighted by molar-refractivity contribution is 7.89. The molecule has 162 valence electrons. The largest absolute Gasteiger partial charge is 0.490 e. The number of piperidine rings is 1. The Labute approximate surface area is 186 Å². The molecule has 1 aliphatic heterocycles. The van der Waals surface area contributed by atoms with Crippen LogP contribution in [0.25, 0.3) is 10.4 Å². The summed E-state index contributed by atoms with van der Waals surface area (Å²) in [7, 11) is -3.57. The topological polar surface area (TPSA) is 75.7 Å². The molecular formula is C23H24N2O4S2. The Bertz CT molecular complexity index is 1130. The van der Waals surface area contributed by atoms with E-state index in [0.29, 0.717) is 31.6 Å². The van der Waals surface area contributed by atoms with E-state index in [0.717, 1.165) is 11.3 Å². The van der Waals surface area contributed by atoms with Crippen molar-refractivity contribution in [2.45, 2.75) is 30.8 Å². The molecule has 2 aromatic carbocycles. The highest BCUT2D eigenvalue weighted by atomic mass is 32.2. The molecule has 1 saturated heterocycles. The number of carbonyl (C=O) groups is 1. The highest BCUT2D eigenvalue weighted by Gasteiger charge is 2.30. The molecule has 1 aliphatic rings. The van der Waals surface area contributed by atoms with Gasteiger partial charge >= 0.3 is 0 Å². The Balaban J connectivity index is 1.37. The van der Waals surface area contributed by atoms with E-state index in [4.69, 9.17) is 4.74 Å². The van der Waals surface area contributed by atoms with Gasteiger partial charge in [0, 0.05) is 30.6 Å². The van der Waals surface area contributed by atoms with Gasteiger partial charge in [0.1, 0.15) is 11.9 Å². The minimum Gasteiger partial charge on any atom is -0.490 e. The number of amides is 1. The monoisotopic (exact) mass is 456 g/mol. The second kappa shape index (κ2) is 9.21. The van der Waals surface area contributed by atoms with Gasteiger partial charge in [-0.05, 0) is 66.2 Å². The molecule has 0 radical (unpaired) electrons. The molecule has 6 nitrogen and oxygen atoms in total. The van der Waals surface area contributed by atoms with Crippen LogP contribution in [0.15, 0.2) is 70.9 Å². The van der Waals surface area contributed by atoms with Crippen molar-refractivity contribution in [1.82, 2.24) is 4.31 Å². The van der Waals surface area contributed by atoms with Gasteiger partial charge in [-0.3, -0.25) is 4.79 Å². The van der Waals surface area contributed by atoms with Gasteiger partial charge in [0.15, 0.2) is 0 Å². The first kappa shape index (κ1) is 21.5. The van der Waals surface area contributed by atoms with Crippen LogP contribution in [0.5, 0.6) is 5.75 Å². The minimum absolute atomic E-state index is 0.0211. The normalized spacial score (nSPS) is 15.5. The Hall–Kier alpha value is -2.68. The zero-order chi connectivity index (χ0) is 21.8. The molecule has 3 aromatic rings.